The highest BCUT2D eigenvalue weighted by molar-refractivity contribution is 5.90. The number of anilines is 1. The first kappa shape index (κ1) is 10.3. The van der Waals surface area contributed by atoms with Crippen LogP contribution in [0.1, 0.15) is 31.5 Å². The molecule has 90 valence electrons. The maximum absolute atomic E-state index is 12.3. The molecule has 3 rings (SSSR count). The molecule has 0 radical (unpaired) electrons. The second-order valence-corrected chi connectivity index (χ2v) is 4.51. The van der Waals surface area contributed by atoms with Gasteiger partial charge >= 0.3 is 0 Å². The largest absolute Gasteiger partial charge is 0.382 e. The van der Waals surface area contributed by atoms with Crippen LogP contribution in [-0.2, 0) is 13.5 Å². The molecule has 0 saturated heterocycles. The topological polar surface area (TPSA) is 78.7 Å². The van der Waals surface area contributed by atoms with Gasteiger partial charge in [0.15, 0.2) is 5.82 Å². The van der Waals surface area contributed by atoms with Gasteiger partial charge in [-0.3, -0.25) is 9.48 Å². The second kappa shape index (κ2) is 3.32. The maximum atomic E-state index is 12.3. The number of fused-ring (bicyclic) bond motifs is 1. The van der Waals surface area contributed by atoms with Crippen molar-refractivity contribution >= 4 is 16.7 Å². The highest BCUT2D eigenvalue weighted by Gasteiger charge is 2.28. The lowest BCUT2D eigenvalue weighted by Gasteiger charge is -2.05. The molecule has 0 unspecified atom stereocenters. The number of hydrogen-bond donors (Lipinski definition) is 1. The number of aromatic nitrogens is 4. The molecule has 0 aromatic carbocycles. The van der Waals surface area contributed by atoms with E-state index in [2.05, 4.69) is 10.2 Å². The van der Waals surface area contributed by atoms with Crippen molar-refractivity contribution in [1.82, 2.24) is 19.6 Å². The second-order valence-electron chi connectivity index (χ2n) is 4.51. The van der Waals surface area contributed by atoms with Crippen LogP contribution in [0.25, 0.3) is 10.9 Å². The van der Waals surface area contributed by atoms with Gasteiger partial charge in [-0.15, -0.1) is 0 Å². The Bertz CT molecular complexity index is 650. The minimum absolute atomic E-state index is 0.0774. The molecule has 0 bridgehead atoms. The van der Waals surface area contributed by atoms with Crippen molar-refractivity contribution in [1.29, 1.82) is 0 Å². The first-order valence-corrected chi connectivity index (χ1v) is 5.87. The maximum Gasteiger partial charge on any atom is 0.293 e. The van der Waals surface area contributed by atoms with Crippen molar-refractivity contribution in [2.45, 2.75) is 32.2 Å². The van der Waals surface area contributed by atoms with Gasteiger partial charge in [-0.05, 0) is 19.3 Å². The van der Waals surface area contributed by atoms with Crippen LogP contribution in [0, 0.1) is 0 Å². The molecule has 1 aliphatic rings. The summed E-state index contributed by atoms with van der Waals surface area (Å²) in [5.74, 6) is 0.413. The molecule has 0 atom stereocenters. The van der Waals surface area contributed by atoms with Gasteiger partial charge in [0.1, 0.15) is 5.52 Å². The molecule has 2 aromatic rings. The summed E-state index contributed by atoms with van der Waals surface area (Å²) in [7, 11) is 1.78. The summed E-state index contributed by atoms with van der Waals surface area (Å²) in [6, 6.07) is 0.231. The van der Waals surface area contributed by atoms with Crippen molar-refractivity contribution in [2.75, 3.05) is 5.73 Å². The zero-order valence-electron chi connectivity index (χ0n) is 9.97. The van der Waals surface area contributed by atoms with Crippen LogP contribution >= 0.6 is 0 Å². The number of rotatable bonds is 2. The Hall–Kier alpha value is -1.85. The molecule has 1 fully saturated rings. The molecule has 0 amide bonds. The first-order chi connectivity index (χ1) is 8.13. The van der Waals surface area contributed by atoms with Crippen LogP contribution in [0.2, 0.25) is 0 Å². The average molecular weight is 233 g/mol. The molecule has 2 heterocycles. The zero-order chi connectivity index (χ0) is 12.2. The van der Waals surface area contributed by atoms with Gasteiger partial charge in [0.25, 0.3) is 5.56 Å². The number of aryl methyl sites for hydroxylation is 2. The molecule has 1 saturated carbocycles. The van der Waals surface area contributed by atoms with E-state index in [0.29, 0.717) is 11.3 Å². The van der Waals surface area contributed by atoms with Crippen LogP contribution in [0.4, 0.5) is 5.82 Å². The third-order valence-corrected chi connectivity index (χ3v) is 3.23. The van der Waals surface area contributed by atoms with E-state index in [9.17, 15) is 4.79 Å². The molecule has 2 aromatic heterocycles. The Morgan fingerprint density at radius 1 is 1.41 bits per heavy atom. The molecule has 1 aliphatic carbocycles. The highest BCUT2D eigenvalue weighted by Crippen LogP contribution is 2.33. The van der Waals surface area contributed by atoms with E-state index in [-0.39, 0.29) is 11.6 Å². The monoisotopic (exact) mass is 233 g/mol. The van der Waals surface area contributed by atoms with Crippen LogP contribution in [-0.4, -0.2) is 19.6 Å². The van der Waals surface area contributed by atoms with E-state index in [1.807, 2.05) is 6.92 Å². The summed E-state index contributed by atoms with van der Waals surface area (Å²) in [5.41, 5.74) is 7.29. The van der Waals surface area contributed by atoms with Gasteiger partial charge in [0.05, 0.1) is 17.1 Å². The van der Waals surface area contributed by atoms with Crippen LogP contribution < -0.4 is 11.3 Å². The normalized spacial score (nSPS) is 15.6. The standard InChI is InChI=1S/C11H15N5O/c1-3-7-8-9(15(2)13-7)11(17)16(6-4-5-6)14-10(8)12/h6H,3-5H2,1-2H3,(H2,12,14). The summed E-state index contributed by atoms with van der Waals surface area (Å²) in [4.78, 5) is 12.3. The zero-order valence-corrected chi connectivity index (χ0v) is 9.97. The van der Waals surface area contributed by atoms with Crippen LogP contribution in [0.3, 0.4) is 0 Å². The predicted molar refractivity (Wildman–Crippen MR) is 64.8 cm³/mol. The van der Waals surface area contributed by atoms with E-state index in [4.69, 9.17) is 5.73 Å². The lowest BCUT2D eigenvalue weighted by atomic mass is 10.2. The molecule has 0 spiro atoms. The fourth-order valence-corrected chi connectivity index (χ4v) is 2.23. The summed E-state index contributed by atoms with van der Waals surface area (Å²) in [5, 5.41) is 9.27. The summed E-state index contributed by atoms with van der Waals surface area (Å²) >= 11 is 0. The molecule has 2 N–H and O–H groups in total. The molecule has 17 heavy (non-hydrogen) atoms. The Balaban J connectivity index is 2.42. The first-order valence-electron chi connectivity index (χ1n) is 5.87. The molecular formula is C11H15N5O. The van der Waals surface area contributed by atoms with Gasteiger partial charge < -0.3 is 5.73 Å². The van der Waals surface area contributed by atoms with Crippen molar-refractivity contribution in [3.05, 3.63) is 16.0 Å². The number of nitrogen functional groups attached to an aromatic ring is 1. The fourth-order valence-electron chi connectivity index (χ4n) is 2.23. The van der Waals surface area contributed by atoms with Crippen LogP contribution in [0.15, 0.2) is 4.79 Å². The van der Waals surface area contributed by atoms with Gasteiger partial charge in [-0.2, -0.15) is 10.2 Å². The van der Waals surface area contributed by atoms with E-state index >= 15 is 0 Å². The van der Waals surface area contributed by atoms with E-state index in [0.717, 1.165) is 30.3 Å². The van der Waals surface area contributed by atoms with Gasteiger partial charge in [-0.25, -0.2) is 4.68 Å². The molecule has 6 heteroatoms. The summed E-state index contributed by atoms with van der Waals surface area (Å²) in [6.45, 7) is 1.99. The Labute approximate surface area is 98.0 Å². The lowest BCUT2D eigenvalue weighted by Crippen LogP contribution is -2.24. The van der Waals surface area contributed by atoms with Gasteiger partial charge in [0.2, 0.25) is 0 Å². The van der Waals surface area contributed by atoms with Gasteiger partial charge in [0, 0.05) is 7.05 Å². The summed E-state index contributed by atoms with van der Waals surface area (Å²) in [6.07, 6.45) is 2.77. The molecular weight excluding hydrogens is 218 g/mol. The van der Waals surface area contributed by atoms with Crippen molar-refractivity contribution < 1.29 is 0 Å². The third kappa shape index (κ3) is 1.36. The number of nitrogens with zero attached hydrogens (tertiary/aromatic N) is 4. The Morgan fingerprint density at radius 3 is 2.71 bits per heavy atom. The van der Waals surface area contributed by atoms with E-state index < -0.39 is 0 Å². The quantitative estimate of drug-likeness (QED) is 0.824. The Kier molecular flexibility index (Phi) is 2.01. The van der Waals surface area contributed by atoms with E-state index in [1.165, 1.54) is 4.68 Å². The van der Waals surface area contributed by atoms with Crippen LogP contribution in [0.5, 0.6) is 0 Å². The Morgan fingerprint density at radius 2 is 2.12 bits per heavy atom. The smallest absolute Gasteiger partial charge is 0.293 e. The lowest BCUT2D eigenvalue weighted by molar-refractivity contribution is 0.605. The average Bonchev–Trinajstić information content (AvgIpc) is 3.07. The minimum Gasteiger partial charge on any atom is -0.382 e. The molecule has 6 nitrogen and oxygen atoms in total. The summed E-state index contributed by atoms with van der Waals surface area (Å²) < 4.78 is 3.13. The molecule has 0 aliphatic heterocycles. The van der Waals surface area contributed by atoms with Crippen molar-refractivity contribution in [3.8, 4) is 0 Å². The predicted octanol–water partition coefficient (Wildman–Crippen LogP) is 0.610. The number of hydrogen-bond acceptors (Lipinski definition) is 4. The van der Waals surface area contributed by atoms with Crippen molar-refractivity contribution in [3.63, 3.8) is 0 Å². The highest BCUT2D eigenvalue weighted by atomic mass is 16.1. The fraction of sp³-hybridized carbons (Fsp3) is 0.545. The number of nitrogens with two attached hydrogens (primary N) is 1. The minimum atomic E-state index is -0.0774. The third-order valence-electron chi connectivity index (χ3n) is 3.23. The van der Waals surface area contributed by atoms with Gasteiger partial charge in [-0.1, -0.05) is 6.92 Å². The van der Waals surface area contributed by atoms with Crippen molar-refractivity contribution in [2.24, 2.45) is 7.05 Å². The van der Waals surface area contributed by atoms with E-state index in [1.54, 1.807) is 11.7 Å². The SMILES string of the molecule is CCc1nn(C)c2c(=O)n(C3CC3)nc(N)c12.